The second-order valence-corrected chi connectivity index (χ2v) is 4.11. The second-order valence-electron chi connectivity index (χ2n) is 4.11. The molecule has 2 aromatic rings. The number of nitrogens with one attached hydrogen (secondary N) is 1. The Labute approximate surface area is 114 Å². The highest BCUT2D eigenvalue weighted by atomic mass is 19.1. The van der Waals surface area contributed by atoms with Crippen LogP contribution in [0.2, 0.25) is 0 Å². The average Bonchev–Trinajstić information content (AvgIpc) is 2.46. The molecule has 1 aromatic carbocycles. The van der Waals surface area contributed by atoms with E-state index >= 15 is 0 Å². The SMILES string of the molecule is NC(=O)c1ccc(C(=O)NCc2ccc(F)cc2)cn1. The van der Waals surface area contributed by atoms with E-state index in [0.717, 1.165) is 5.56 Å². The van der Waals surface area contributed by atoms with E-state index in [1.54, 1.807) is 12.1 Å². The molecule has 20 heavy (non-hydrogen) atoms. The smallest absolute Gasteiger partial charge is 0.267 e. The van der Waals surface area contributed by atoms with Gasteiger partial charge in [0.1, 0.15) is 11.5 Å². The molecule has 1 aromatic heterocycles. The number of amides is 2. The van der Waals surface area contributed by atoms with Gasteiger partial charge in [-0.2, -0.15) is 0 Å². The summed E-state index contributed by atoms with van der Waals surface area (Å²) < 4.78 is 12.7. The Balaban J connectivity index is 1.97. The number of aromatic nitrogens is 1. The van der Waals surface area contributed by atoms with Gasteiger partial charge in [0, 0.05) is 12.7 Å². The topological polar surface area (TPSA) is 85.1 Å². The fourth-order valence-corrected chi connectivity index (χ4v) is 1.56. The lowest BCUT2D eigenvalue weighted by Crippen LogP contribution is -2.23. The summed E-state index contributed by atoms with van der Waals surface area (Å²) >= 11 is 0. The number of halogens is 1. The van der Waals surface area contributed by atoms with Crippen molar-refractivity contribution in [2.24, 2.45) is 5.73 Å². The molecule has 0 fully saturated rings. The number of carbonyl (C=O) groups is 2. The van der Waals surface area contributed by atoms with Crippen LogP contribution in [0.25, 0.3) is 0 Å². The summed E-state index contributed by atoms with van der Waals surface area (Å²) in [6, 6.07) is 8.67. The van der Waals surface area contributed by atoms with E-state index in [1.165, 1.54) is 30.5 Å². The van der Waals surface area contributed by atoms with Gasteiger partial charge in [0.15, 0.2) is 0 Å². The van der Waals surface area contributed by atoms with Crippen LogP contribution in [0.5, 0.6) is 0 Å². The van der Waals surface area contributed by atoms with E-state index in [1.807, 2.05) is 0 Å². The lowest BCUT2D eigenvalue weighted by molar-refractivity contribution is 0.0947. The zero-order valence-corrected chi connectivity index (χ0v) is 10.5. The van der Waals surface area contributed by atoms with Crippen LogP contribution >= 0.6 is 0 Å². The zero-order valence-electron chi connectivity index (χ0n) is 10.5. The third-order valence-corrected chi connectivity index (χ3v) is 2.64. The molecule has 0 aliphatic rings. The maximum Gasteiger partial charge on any atom is 0.267 e. The molecule has 0 aliphatic carbocycles. The summed E-state index contributed by atoms with van der Waals surface area (Å²) in [5.41, 5.74) is 6.25. The van der Waals surface area contributed by atoms with Crippen LogP contribution in [0.4, 0.5) is 4.39 Å². The largest absolute Gasteiger partial charge is 0.364 e. The lowest BCUT2D eigenvalue weighted by atomic mass is 10.2. The van der Waals surface area contributed by atoms with Gasteiger partial charge in [0.05, 0.1) is 5.56 Å². The zero-order chi connectivity index (χ0) is 14.5. The summed E-state index contributed by atoms with van der Waals surface area (Å²) in [7, 11) is 0. The minimum absolute atomic E-state index is 0.0973. The fourth-order valence-electron chi connectivity index (χ4n) is 1.56. The molecule has 2 amide bonds. The first kappa shape index (κ1) is 13.7. The number of pyridine rings is 1. The van der Waals surface area contributed by atoms with E-state index in [2.05, 4.69) is 10.3 Å². The Morgan fingerprint density at radius 1 is 1.15 bits per heavy atom. The van der Waals surface area contributed by atoms with Gasteiger partial charge in [-0.1, -0.05) is 12.1 Å². The third-order valence-electron chi connectivity index (χ3n) is 2.64. The number of carbonyl (C=O) groups excluding carboxylic acids is 2. The van der Waals surface area contributed by atoms with Gasteiger partial charge in [-0.15, -0.1) is 0 Å². The summed E-state index contributed by atoms with van der Waals surface area (Å²) in [6.07, 6.45) is 1.28. The number of nitrogens with two attached hydrogens (primary N) is 1. The molecule has 0 aliphatic heterocycles. The van der Waals surface area contributed by atoms with Gasteiger partial charge in [-0.25, -0.2) is 4.39 Å². The van der Waals surface area contributed by atoms with E-state index in [0.29, 0.717) is 5.56 Å². The number of hydrogen-bond acceptors (Lipinski definition) is 3. The van der Waals surface area contributed by atoms with Crippen LogP contribution < -0.4 is 11.1 Å². The van der Waals surface area contributed by atoms with Gasteiger partial charge in [-0.05, 0) is 29.8 Å². The molecular formula is C14H12FN3O2. The molecule has 0 spiro atoms. The van der Waals surface area contributed by atoms with Crippen LogP contribution in [-0.2, 0) is 6.54 Å². The quantitative estimate of drug-likeness (QED) is 0.879. The Bertz CT molecular complexity index is 624. The summed E-state index contributed by atoms with van der Waals surface area (Å²) in [4.78, 5) is 26.5. The maximum atomic E-state index is 12.7. The minimum Gasteiger partial charge on any atom is -0.364 e. The molecule has 6 heteroatoms. The first-order valence-corrected chi connectivity index (χ1v) is 5.85. The van der Waals surface area contributed by atoms with Crippen molar-refractivity contribution >= 4 is 11.8 Å². The van der Waals surface area contributed by atoms with Crippen LogP contribution in [0.1, 0.15) is 26.4 Å². The molecule has 1 heterocycles. The van der Waals surface area contributed by atoms with Crippen LogP contribution in [0, 0.1) is 5.82 Å². The van der Waals surface area contributed by atoms with Gasteiger partial charge in [0.2, 0.25) is 0 Å². The Hall–Kier alpha value is -2.76. The van der Waals surface area contributed by atoms with Crippen molar-refractivity contribution in [1.82, 2.24) is 10.3 Å². The van der Waals surface area contributed by atoms with Crippen LogP contribution in [0.15, 0.2) is 42.6 Å². The Morgan fingerprint density at radius 2 is 1.85 bits per heavy atom. The highest BCUT2D eigenvalue weighted by Crippen LogP contribution is 2.04. The van der Waals surface area contributed by atoms with Gasteiger partial charge in [0.25, 0.3) is 11.8 Å². The highest BCUT2D eigenvalue weighted by Gasteiger charge is 2.07. The first-order chi connectivity index (χ1) is 9.56. The predicted molar refractivity (Wildman–Crippen MR) is 70.3 cm³/mol. The van der Waals surface area contributed by atoms with Crippen molar-refractivity contribution < 1.29 is 14.0 Å². The second kappa shape index (κ2) is 5.92. The van der Waals surface area contributed by atoms with Gasteiger partial charge < -0.3 is 11.1 Å². The molecule has 0 radical (unpaired) electrons. The molecule has 3 N–H and O–H groups in total. The van der Waals surface area contributed by atoms with Crippen molar-refractivity contribution in [3.8, 4) is 0 Å². The molecule has 5 nitrogen and oxygen atoms in total. The van der Waals surface area contributed by atoms with Crippen molar-refractivity contribution in [2.75, 3.05) is 0 Å². The minimum atomic E-state index is -0.650. The highest BCUT2D eigenvalue weighted by molar-refractivity contribution is 5.95. The standard InChI is InChI=1S/C14H12FN3O2/c15-11-4-1-9(2-5-11)7-18-14(20)10-3-6-12(13(16)19)17-8-10/h1-6,8H,7H2,(H2,16,19)(H,18,20). The number of benzene rings is 1. The van der Waals surface area contributed by atoms with Crippen molar-refractivity contribution in [2.45, 2.75) is 6.54 Å². The third kappa shape index (κ3) is 3.38. The van der Waals surface area contributed by atoms with E-state index in [9.17, 15) is 14.0 Å². The van der Waals surface area contributed by atoms with Crippen LogP contribution in [0.3, 0.4) is 0 Å². The fraction of sp³-hybridized carbons (Fsp3) is 0.0714. The Morgan fingerprint density at radius 3 is 2.40 bits per heavy atom. The van der Waals surface area contributed by atoms with E-state index in [-0.39, 0.29) is 24.0 Å². The normalized spacial score (nSPS) is 10.1. The molecule has 0 saturated carbocycles. The lowest BCUT2D eigenvalue weighted by Gasteiger charge is -2.05. The summed E-state index contributed by atoms with van der Waals surface area (Å²) in [5.74, 6) is -1.31. The number of hydrogen-bond donors (Lipinski definition) is 2. The maximum absolute atomic E-state index is 12.7. The van der Waals surface area contributed by atoms with Gasteiger partial charge in [-0.3, -0.25) is 14.6 Å². The number of rotatable bonds is 4. The van der Waals surface area contributed by atoms with Gasteiger partial charge >= 0.3 is 0 Å². The van der Waals surface area contributed by atoms with E-state index in [4.69, 9.17) is 5.73 Å². The van der Waals surface area contributed by atoms with Crippen LogP contribution in [-0.4, -0.2) is 16.8 Å². The summed E-state index contributed by atoms with van der Waals surface area (Å²) in [6.45, 7) is 0.274. The average molecular weight is 273 g/mol. The summed E-state index contributed by atoms with van der Waals surface area (Å²) in [5, 5.41) is 2.67. The van der Waals surface area contributed by atoms with Crippen molar-refractivity contribution in [1.29, 1.82) is 0 Å². The molecule has 102 valence electrons. The number of nitrogens with zero attached hydrogens (tertiary/aromatic N) is 1. The predicted octanol–water partition coefficient (Wildman–Crippen LogP) is 1.25. The number of primary amides is 1. The van der Waals surface area contributed by atoms with Crippen molar-refractivity contribution in [3.63, 3.8) is 0 Å². The monoisotopic (exact) mass is 273 g/mol. The molecule has 2 rings (SSSR count). The Kier molecular flexibility index (Phi) is 4.05. The molecule has 0 bridgehead atoms. The first-order valence-electron chi connectivity index (χ1n) is 5.85. The molecule has 0 saturated heterocycles. The van der Waals surface area contributed by atoms with E-state index < -0.39 is 5.91 Å². The molecule has 0 unspecified atom stereocenters. The molecule has 0 atom stereocenters. The van der Waals surface area contributed by atoms with Crippen molar-refractivity contribution in [3.05, 3.63) is 65.2 Å². The molecular weight excluding hydrogens is 261 g/mol.